The maximum atomic E-state index is 5.33. The third kappa shape index (κ3) is 2.71. The zero-order valence-corrected chi connectivity index (χ0v) is 12.6. The normalized spacial score (nSPS) is 12.4. The molecule has 0 aliphatic carbocycles. The number of aryl methyl sites for hydroxylation is 1. The minimum atomic E-state index is 0.313. The highest BCUT2D eigenvalue weighted by atomic mass is 32.1. The molecule has 1 heterocycles. The molecule has 1 N–H and O–H groups in total. The van der Waals surface area contributed by atoms with Gasteiger partial charge < -0.3 is 9.55 Å². The van der Waals surface area contributed by atoms with Crippen molar-refractivity contribution in [2.45, 2.75) is 33.2 Å². The van der Waals surface area contributed by atoms with E-state index in [4.69, 9.17) is 12.2 Å². The number of H-pyrrole nitrogens is 1. The molecule has 3 heteroatoms. The van der Waals surface area contributed by atoms with Crippen LogP contribution in [0, 0.1) is 18.6 Å². The Kier molecular flexibility index (Phi) is 4.05. The monoisotopic (exact) mass is 272 g/mol. The van der Waals surface area contributed by atoms with Crippen molar-refractivity contribution in [3.63, 3.8) is 0 Å². The minimum Gasteiger partial charge on any atom is -0.334 e. The molecule has 0 saturated carbocycles. The fourth-order valence-corrected chi connectivity index (χ4v) is 2.60. The second kappa shape index (κ2) is 5.57. The molecule has 1 unspecified atom stereocenters. The van der Waals surface area contributed by atoms with E-state index < -0.39 is 0 Å². The lowest BCUT2D eigenvalue weighted by Gasteiger charge is -2.14. The summed E-state index contributed by atoms with van der Waals surface area (Å²) in [4.78, 5) is 3.30. The van der Waals surface area contributed by atoms with Crippen LogP contribution in [-0.2, 0) is 6.54 Å². The van der Waals surface area contributed by atoms with E-state index in [9.17, 15) is 0 Å². The summed E-state index contributed by atoms with van der Waals surface area (Å²) in [6.07, 6.45) is 3.95. The molecule has 0 aliphatic rings. The van der Waals surface area contributed by atoms with Crippen LogP contribution in [-0.4, -0.2) is 9.55 Å². The highest BCUT2D eigenvalue weighted by molar-refractivity contribution is 7.71. The molecule has 1 aromatic carbocycles. The second-order valence-corrected chi connectivity index (χ2v) is 5.35. The van der Waals surface area contributed by atoms with Crippen molar-refractivity contribution < 1.29 is 0 Å². The molecule has 0 fully saturated rings. The van der Waals surface area contributed by atoms with Crippen molar-refractivity contribution in [1.82, 2.24) is 9.55 Å². The average molecular weight is 272 g/mol. The van der Waals surface area contributed by atoms with Crippen LogP contribution in [0.15, 0.2) is 37.1 Å². The lowest BCUT2D eigenvalue weighted by Crippen LogP contribution is -2.00. The Labute approximate surface area is 119 Å². The maximum absolute atomic E-state index is 5.33. The van der Waals surface area contributed by atoms with Gasteiger partial charge in [0.15, 0.2) is 4.77 Å². The van der Waals surface area contributed by atoms with Crippen molar-refractivity contribution in [2.75, 3.05) is 0 Å². The van der Waals surface area contributed by atoms with Gasteiger partial charge in [0, 0.05) is 24.4 Å². The second-order valence-electron chi connectivity index (χ2n) is 4.97. The summed E-state index contributed by atoms with van der Waals surface area (Å²) in [6.45, 7) is 11.0. The van der Waals surface area contributed by atoms with Gasteiger partial charge in [-0.2, -0.15) is 0 Å². The quantitative estimate of drug-likeness (QED) is 0.642. The predicted molar refractivity (Wildman–Crippen MR) is 83.2 cm³/mol. The smallest absolute Gasteiger partial charge is 0.177 e. The van der Waals surface area contributed by atoms with Crippen LogP contribution in [0.1, 0.15) is 35.2 Å². The van der Waals surface area contributed by atoms with Gasteiger partial charge in [0.05, 0.1) is 0 Å². The van der Waals surface area contributed by atoms with Crippen molar-refractivity contribution >= 4 is 12.2 Å². The van der Waals surface area contributed by atoms with Crippen LogP contribution in [0.25, 0.3) is 0 Å². The lowest BCUT2D eigenvalue weighted by atomic mass is 9.92. The first-order valence-electron chi connectivity index (χ1n) is 6.51. The summed E-state index contributed by atoms with van der Waals surface area (Å²) >= 11 is 5.33. The zero-order chi connectivity index (χ0) is 14.0. The van der Waals surface area contributed by atoms with Gasteiger partial charge in [-0.05, 0) is 42.8 Å². The molecule has 2 nitrogen and oxygen atoms in total. The number of imidazole rings is 1. The summed E-state index contributed by atoms with van der Waals surface area (Å²) < 4.78 is 2.77. The third-order valence-corrected chi connectivity index (χ3v) is 4.05. The summed E-state index contributed by atoms with van der Waals surface area (Å²) in [5, 5.41) is 0. The Morgan fingerprint density at radius 3 is 2.84 bits per heavy atom. The summed E-state index contributed by atoms with van der Waals surface area (Å²) in [7, 11) is 0. The van der Waals surface area contributed by atoms with Gasteiger partial charge >= 0.3 is 0 Å². The summed E-state index contributed by atoms with van der Waals surface area (Å²) in [5.41, 5.74) is 5.18. The first-order chi connectivity index (χ1) is 9.04. The molecular weight excluding hydrogens is 252 g/mol. The number of aromatic amines is 1. The highest BCUT2D eigenvalue weighted by Crippen LogP contribution is 2.27. The number of hydrogen-bond acceptors (Lipinski definition) is 1. The first-order valence-corrected chi connectivity index (χ1v) is 6.91. The topological polar surface area (TPSA) is 20.7 Å². The molecule has 100 valence electrons. The number of nitrogens with zero attached hydrogens (tertiary/aromatic N) is 1. The molecule has 2 rings (SSSR count). The SMILES string of the molecule is C=CCn1cc(C(C)c2cccc(C)c2C)[nH]c1=S. The van der Waals surface area contributed by atoms with Gasteiger partial charge in [-0.15, -0.1) is 6.58 Å². The molecule has 1 atom stereocenters. The molecule has 19 heavy (non-hydrogen) atoms. The number of nitrogens with one attached hydrogen (secondary N) is 1. The van der Waals surface area contributed by atoms with E-state index >= 15 is 0 Å². The fraction of sp³-hybridized carbons (Fsp3) is 0.312. The Hall–Kier alpha value is -1.61. The first kappa shape index (κ1) is 13.8. The van der Waals surface area contributed by atoms with Gasteiger partial charge in [-0.1, -0.05) is 31.2 Å². The molecule has 0 spiro atoms. The van der Waals surface area contributed by atoms with Crippen LogP contribution < -0.4 is 0 Å². The van der Waals surface area contributed by atoms with Gasteiger partial charge in [-0.25, -0.2) is 0 Å². The molecule has 0 amide bonds. The molecule has 1 aromatic heterocycles. The number of aromatic nitrogens is 2. The van der Waals surface area contributed by atoms with E-state index in [1.165, 1.54) is 16.7 Å². The van der Waals surface area contributed by atoms with Crippen molar-refractivity contribution in [3.8, 4) is 0 Å². The summed E-state index contributed by atoms with van der Waals surface area (Å²) in [6, 6.07) is 6.45. The number of allylic oxidation sites excluding steroid dienone is 1. The average Bonchev–Trinajstić information content (AvgIpc) is 2.74. The highest BCUT2D eigenvalue weighted by Gasteiger charge is 2.14. The van der Waals surface area contributed by atoms with Crippen molar-refractivity contribution in [3.05, 3.63) is 64.2 Å². The lowest BCUT2D eigenvalue weighted by molar-refractivity contribution is 0.804. The van der Waals surface area contributed by atoms with Gasteiger partial charge in [0.25, 0.3) is 0 Å². The molecule has 0 aliphatic heterocycles. The number of hydrogen-bond donors (Lipinski definition) is 1. The van der Waals surface area contributed by atoms with Crippen LogP contribution in [0.2, 0.25) is 0 Å². The molecule has 2 aromatic rings. The third-order valence-electron chi connectivity index (χ3n) is 3.71. The van der Waals surface area contributed by atoms with E-state index in [0.717, 1.165) is 17.0 Å². The molecule has 0 bridgehead atoms. The van der Waals surface area contributed by atoms with Crippen molar-refractivity contribution in [2.24, 2.45) is 0 Å². The Morgan fingerprint density at radius 2 is 2.16 bits per heavy atom. The fourth-order valence-electron chi connectivity index (χ4n) is 2.36. The van der Waals surface area contributed by atoms with Gasteiger partial charge in [-0.3, -0.25) is 0 Å². The number of benzene rings is 1. The number of rotatable bonds is 4. The molecular formula is C16H20N2S. The van der Waals surface area contributed by atoms with E-state index in [1.807, 2.05) is 10.6 Å². The van der Waals surface area contributed by atoms with Crippen LogP contribution >= 0.6 is 12.2 Å². The maximum Gasteiger partial charge on any atom is 0.177 e. The van der Waals surface area contributed by atoms with E-state index in [0.29, 0.717) is 5.92 Å². The van der Waals surface area contributed by atoms with Crippen LogP contribution in [0.5, 0.6) is 0 Å². The van der Waals surface area contributed by atoms with E-state index in [-0.39, 0.29) is 0 Å². The Balaban J connectivity index is 2.41. The molecule has 0 saturated heterocycles. The standard InChI is InChI=1S/C16H20N2S/c1-5-9-18-10-15(17-16(18)19)13(4)14-8-6-7-11(2)12(14)3/h5-8,10,13H,1,9H2,2-4H3,(H,17,19). The molecule has 0 radical (unpaired) electrons. The van der Waals surface area contributed by atoms with Gasteiger partial charge in [0.1, 0.15) is 0 Å². The van der Waals surface area contributed by atoms with E-state index in [2.05, 4.69) is 56.7 Å². The summed E-state index contributed by atoms with van der Waals surface area (Å²) in [5.74, 6) is 0.313. The zero-order valence-electron chi connectivity index (χ0n) is 11.7. The van der Waals surface area contributed by atoms with Crippen LogP contribution in [0.4, 0.5) is 0 Å². The Morgan fingerprint density at radius 1 is 1.42 bits per heavy atom. The van der Waals surface area contributed by atoms with Crippen molar-refractivity contribution in [1.29, 1.82) is 0 Å². The van der Waals surface area contributed by atoms with E-state index in [1.54, 1.807) is 0 Å². The van der Waals surface area contributed by atoms with Crippen LogP contribution in [0.3, 0.4) is 0 Å². The largest absolute Gasteiger partial charge is 0.334 e. The Bertz CT molecular complexity index is 649. The minimum absolute atomic E-state index is 0.313. The predicted octanol–water partition coefficient (Wildman–Crippen LogP) is 4.50. The van der Waals surface area contributed by atoms with Gasteiger partial charge in [0.2, 0.25) is 0 Å².